The molecule has 4 atom stereocenters. The SMILES string of the molecule is CC(C)(C)OC(=O)N[C@@H](Cc1ccccn1)C(=O)[C@@H]1C[C@]2(C[C@H]1C#N)C(=O)Nc1ccccc12. The first-order valence-electron chi connectivity index (χ1n) is 11.4. The topological polar surface area (TPSA) is 121 Å². The molecule has 2 N–H and O–H groups in total. The summed E-state index contributed by atoms with van der Waals surface area (Å²) in [5.74, 6) is -1.86. The van der Waals surface area contributed by atoms with Crippen LogP contribution in [0.25, 0.3) is 0 Å². The van der Waals surface area contributed by atoms with Crippen LogP contribution >= 0.6 is 0 Å². The molecule has 1 aliphatic heterocycles. The quantitative estimate of drug-likeness (QED) is 0.704. The molecule has 0 bridgehead atoms. The van der Waals surface area contributed by atoms with Crippen molar-refractivity contribution < 1.29 is 19.1 Å². The smallest absolute Gasteiger partial charge is 0.408 e. The fourth-order valence-corrected chi connectivity index (χ4v) is 4.99. The molecule has 0 radical (unpaired) electrons. The van der Waals surface area contributed by atoms with Crippen molar-refractivity contribution in [1.82, 2.24) is 10.3 Å². The Morgan fingerprint density at radius 3 is 2.65 bits per heavy atom. The third-order valence-corrected chi connectivity index (χ3v) is 6.45. The lowest BCUT2D eigenvalue weighted by Gasteiger charge is -2.25. The van der Waals surface area contributed by atoms with E-state index in [1.165, 1.54) is 0 Å². The first-order valence-corrected chi connectivity index (χ1v) is 11.4. The third-order valence-electron chi connectivity index (χ3n) is 6.45. The van der Waals surface area contributed by atoms with Gasteiger partial charge in [0.05, 0.1) is 23.4 Å². The molecule has 8 heteroatoms. The number of ether oxygens (including phenoxy) is 1. The minimum absolute atomic E-state index is 0.156. The Kier molecular flexibility index (Phi) is 6.13. The van der Waals surface area contributed by atoms with Gasteiger partial charge in [-0.25, -0.2) is 4.79 Å². The van der Waals surface area contributed by atoms with E-state index in [2.05, 4.69) is 21.7 Å². The number of nitrogens with zero attached hydrogens (tertiary/aromatic N) is 2. The summed E-state index contributed by atoms with van der Waals surface area (Å²) in [5.41, 5.74) is 0.493. The molecule has 1 spiro atoms. The zero-order valence-electron chi connectivity index (χ0n) is 19.5. The second-order valence-electron chi connectivity index (χ2n) is 9.96. The number of pyridine rings is 1. The van der Waals surface area contributed by atoms with Crippen molar-refractivity contribution in [1.29, 1.82) is 5.26 Å². The van der Waals surface area contributed by atoms with E-state index in [1.807, 2.05) is 24.3 Å². The van der Waals surface area contributed by atoms with Crippen molar-refractivity contribution in [2.45, 2.75) is 57.1 Å². The first-order chi connectivity index (χ1) is 16.1. The van der Waals surface area contributed by atoms with E-state index in [1.54, 1.807) is 45.2 Å². The maximum Gasteiger partial charge on any atom is 0.408 e. The molecule has 1 fully saturated rings. The number of para-hydroxylation sites is 1. The zero-order valence-corrected chi connectivity index (χ0v) is 19.5. The summed E-state index contributed by atoms with van der Waals surface area (Å²) in [5, 5.41) is 15.5. The number of hydrogen-bond acceptors (Lipinski definition) is 6. The number of hydrogen-bond donors (Lipinski definition) is 2. The Hall–Kier alpha value is -3.73. The summed E-state index contributed by atoms with van der Waals surface area (Å²) in [7, 11) is 0. The molecule has 1 saturated carbocycles. The highest BCUT2D eigenvalue weighted by Gasteiger charge is 2.57. The molecule has 0 saturated heterocycles. The summed E-state index contributed by atoms with van der Waals surface area (Å²) in [6, 6.07) is 14.0. The fraction of sp³-hybridized carbons (Fsp3) is 0.423. The fourth-order valence-electron chi connectivity index (χ4n) is 4.99. The van der Waals surface area contributed by atoms with Crippen LogP contribution in [0.5, 0.6) is 0 Å². The molecular weight excluding hydrogens is 432 g/mol. The minimum Gasteiger partial charge on any atom is -0.444 e. The van der Waals surface area contributed by atoms with Gasteiger partial charge in [-0.2, -0.15) is 5.26 Å². The van der Waals surface area contributed by atoms with Crippen molar-refractivity contribution in [3.63, 3.8) is 0 Å². The average Bonchev–Trinajstić information content (AvgIpc) is 3.31. The predicted octanol–water partition coefficient (Wildman–Crippen LogP) is 3.53. The minimum atomic E-state index is -0.944. The van der Waals surface area contributed by atoms with Gasteiger partial charge < -0.3 is 15.4 Å². The molecule has 2 heterocycles. The number of amides is 2. The summed E-state index contributed by atoms with van der Waals surface area (Å²) in [4.78, 5) is 43.7. The molecule has 2 amide bonds. The third kappa shape index (κ3) is 4.51. The van der Waals surface area contributed by atoms with Crippen LogP contribution in [0.4, 0.5) is 10.5 Å². The van der Waals surface area contributed by atoms with Gasteiger partial charge in [0.1, 0.15) is 5.60 Å². The zero-order chi connectivity index (χ0) is 24.5. The highest BCUT2D eigenvalue weighted by atomic mass is 16.6. The van der Waals surface area contributed by atoms with Crippen LogP contribution in [-0.4, -0.2) is 34.4 Å². The number of nitriles is 1. The molecule has 1 aliphatic carbocycles. The lowest BCUT2D eigenvalue weighted by atomic mass is 9.78. The van der Waals surface area contributed by atoms with Gasteiger partial charge in [0.15, 0.2) is 5.78 Å². The lowest BCUT2D eigenvalue weighted by Crippen LogP contribution is -2.47. The predicted molar refractivity (Wildman–Crippen MR) is 125 cm³/mol. The number of fused-ring (bicyclic) bond motifs is 2. The normalized spacial score (nSPS) is 24.1. The average molecular weight is 461 g/mol. The number of aromatic nitrogens is 1. The molecule has 2 aromatic rings. The molecule has 4 rings (SSSR count). The Labute approximate surface area is 198 Å². The van der Waals surface area contributed by atoms with E-state index in [0.29, 0.717) is 11.4 Å². The van der Waals surface area contributed by atoms with Gasteiger partial charge in [-0.1, -0.05) is 24.3 Å². The van der Waals surface area contributed by atoms with Crippen LogP contribution in [0.2, 0.25) is 0 Å². The van der Waals surface area contributed by atoms with Gasteiger partial charge >= 0.3 is 6.09 Å². The number of alkyl carbamates (subject to hydrolysis) is 1. The highest BCUT2D eigenvalue weighted by Crippen LogP contribution is 2.53. The summed E-state index contributed by atoms with van der Waals surface area (Å²) >= 11 is 0. The van der Waals surface area contributed by atoms with Crippen LogP contribution in [0, 0.1) is 23.2 Å². The molecule has 0 unspecified atom stereocenters. The Morgan fingerprint density at radius 1 is 1.24 bits per heavy atom. The summed E-state index contributed by atoms with van der Waals surface area (Å²) < 4.78 is 5.38. The second-order valence-corrected chi connectivity index (χ2v) is 9.96. The number of ketones is 1. The number of anilines is 1. The first kappa shape index (κ1) is 23.4. The molecule has 1 aromatic carbocycles. The number of nitrogens with one attached hydrogen (secondary N) is 2. The number of rotatable bonds is 5. The standard InChI is InChI=1S/C26H28N4O4/c1-25(2,3)34-24(33)30-21(12-17-8-6-7-11-28-17)22(31)18-14-26(13-16(18)15-27)19-9-4-5-10-20(19)29-23(26)32/h4-11,16,18,21H,12-14H2,1-3H3,(H,29,32)(H,30,33)/t16-,18+,21-,26-/m0/s1. The Balaban J connectivity index is 1.63. The Bertz CT molecular complexity index is 1150. The van der Waals surface area contributed by atoms with Gasteiger partial charge in [0, 0.05) is 29.9 Å². The number of benzene rings is 1. The lowest BCUT2D eigenvalue weighted by molar-refractivity contribution is -0.125. The molecule has 34 heavy (non-hydrogen) atoms. The van der Waals surface area contributed by atoms with Crippen molar-refractivity contribution in [3.8, 4) is 6.07 Å². The second kappa shape index (κ2) is 8.90. The molecule has 2 aliphatic rings. The van der Waals surface area contributed by atoms with Crippen molar-refractivity contribution >= 4 is 23.5 Å². The van der Waals surface area contributed by atoms with Crippen LogP contribution in [0.3, 0.4) is 0 Å². The Morgan fingerprint density at radius 2 is 1.97 bits per heavy atom. The van der Waals surface area contributed by atoms with Crippen LogP contribution in [0.15, 0.2) is 48.7 Å². The van der Waals surface area contributed by atoms with Crippen molar-refractivity contribution in [2.75, 3.05) is 5.32 Å². The van der Waals surface area contributed by atoms with E-state index in [-0.39, 0.29) is 31.0 Å². The van der Waals surface area contributed by atoms with Gasteiger partial charge in [-0.05, 0) is 57.4 Å². The molecule has 176 valence electrons. The van der Waals surface area contributed by atoms with E-state index in [9.17, 15) is 19.6 Å². The molecular formula is C26H28N4O4. The van der Waals surface area contributed by atoms with E-state index >= 15 is 0 Å². The number of carbonyl (C=O) groups excluding carboxylic acids is 3. The summed E-state index contributed by atoms with van der Waals surface area (Å²) in [6.07, 6.45) is 1.52. The van der Waals surface area contributed by atoms with Crippen molar-refractivity contribution in [3.05, 3.63) is 59.9 Å². The van der Waals surface area contributed by atoms with Gasteiger partial charge in [-0.3, -0.25) is 14.6 Å². The monoisotopic (exact) mass is 460 g/mol. The maximum atomic E-state index is 13.8. The van der Waals surface area contributed by atoms with E-state index in [4.69, 9.17) is 4.74 Å². The van der Waals surface area contributed by atoms with Crippen LogP contribution in [-0.2, 0) is 26.2 Å². The van der Waals surface area contributed by atoms with Gasteiger partial charge in [-0.15, -0.1) is 0 Å². The number of carbonyl (C=O) groups is 3. The van der Waals surface area contributed by atoms with Gasteiger partial charge in [0.2, 0.25) is 5.91 Å². The van der Waals surface area contributed by atoms with E-state index in [0.717, 1.165) is 5.56 Å². The van der Waals surface area contributed by atoms with Crippen LogP contribution < -0.4 is 10.6 Å². The largest absolute Gasteiger partial charge is 0.444 e. The van der Waals surface area contributed by atoms with Crippen molar-refractivity contribution in [2.24, 2.45) is 11.8 Å². The van der Waals surface area contributed by atoms with E-state index < -0.39 is 35.0 Å². The summed E-state index contributed by atoms with van der Waals surface area (Å²) in [6.45, 7) is 5.22. The van der Waals surface area contributed by atoms with Gasteiger partial charge in [0.25, 0.3) is 0 Å². The molecule has 8 nitrogen and oxygen atoms in total. The number of Topliss-reactive ketones (excluding diaryl/α,β-unsaturated/α-hetero) is 1. The highest BCUT2D eigenvalue weighted by molar-refractivity contribution is 6.07. The molecule has 1 aromatic heterocycles. The van der Waals surface area contributed by atoms with Crippen LogP contribution in [0.1, 0.15) is 44.9 Å². The maximum absolute atomic E-state index is 13.8.